The number of nitrogens with zero attached hydrogens (tertiary/aromatic N) is 3. The number of anilines is 1. The molecular formula is C20H22N4O. The summed E-state index contributed by atoms with van der Waals surface area (Å²) in [6.07, 6.45) is 0. The Bertz CT molecular complexity index is 761. The van der Waals surface area contributed by atoms with Gasteiger partial charge in [-0.2, -0.15) is 5.26 Å². The summed E-state index contributed by atoms with van der Waals surface area (Å²) in [5, 5.41) is 12.0. The van der Waals surface area contributed by atoms with E-state index >= 15 is 0 Å². The highest BCUT2D eigenvalue weighted by atomic mass is 16.2. The van der Waals surface area contributed by atoms with Gasteiger partial charge in [-0.3, -0.25) is 4.90 Å². The third kappa shape index (κ3) is 3.98. The first-order valence-corrected chi connectivity index (χ1v) is 8.53. The number of hydrogen-bond donors (Lipinski definition) is 1. The average molecular weight is 334 g/mol. The minimum Gasteiger partial charge on any atom is -0.322 e. The number of benzene rings is 2. The molecule has 0 spiro atoms. The Morgan fingerprint density at radius 3 is 2.36 bits per heavy atom. The van der Waals surface area contributed by atoms with E-state index in [0.29, 0.717) is 30.4 Å². The van der Waals surface area contributed by atoms with Crippen molar-refractivity contribution in [1.82, 2.24) is 9.80 Å². The number of urea groups is 1. The minimum atomic E-state index is -0.144. The van der Waals surface area contributed by atoms with Crippen molar-refractivity contribution in [2.24, 2.45) is 0 Å². The van der Waals surface area contributed by atoms with E-state index in [1.54, 1.807) is 18.2 Å². The van der Waals surface area contributed by atoms with Crippen LogP contribution >= 0.6 is 0 Å². The van der Waals surface area contributed by atoms with Crippen LogP contribution in [0.15, 0.2) is 54.6 Å². The number of nitriles is 1. The van der Waals surface area contributed by atoms with Gasteiger partial charge in [-0.15, -0.1) is 0 Å². The normalized spacial score (nSPS) is 16.1. The zero-order valence-electron chi connectivity index (χ0n) is 14.4. The first-order valence-electron chi connectivity index (χ1n) is 8.53. The molecule has 2 aromatic carbocycles. The molecule has 0 aromatic heterocycles. The van der Waals surface area contributed by atoms with Crippen LogP contribution in [0, 0.1) is 11.3 Å². The smallest absolute Gasteiger partial charge is 0.321 e. The van der Waals surface area contributed by atoms with Gasteiger partial charge in [0, 0.05) is 32.2 Å². The van der Waals surface area contributed by atoms with Gasteiger partial charge in [0.15, 0.2) is 0 Å². The molecule has 1 N–H and O–H groups in total. The second kappa shape index (κ2) is 7.82. The highest BCUT2D eigenvalue weighted by molar-refractivity contribution is 5.90. The van der Waals surface area contributed by atoms with Gasteiger partial charge in [0.05, 0.1) is 11.3 Å². The van der Waals surface area contributed by atoms with Crippen molar-refractivity contribution in [3.8, 4) is 6.07 Å². The largest absolute Gasteiger partial charge is 0.322 e. The van der Waals surface area contributed by atoms with Crippen LogP contribution in [0.4, 0.5) is 10.5 Å². The van der Waals surface area contributed by atoms with Gasteiger partial charge in [-0.25, -0.2) is 4.79 Å². The number of amides is 2. The maximum atomic E-state index is 12.5. The Kier molecular flexibility index (Phi) is 5.32. The van der Waals surface area contributed by atoms with Crippen LogP contribution in [-0.2, 0) is 0 Å². The second-order valence-corrected chi connectivity index (χ2v) is 6.20. The minimum absolute atomic E-state index is 0.144. The van der Waals surface area contributed by atoms with E-state index in [0.717, 1.165) is 13.1 Å². The van der Waals surface area contributed by atoms with Crippen molar-refractivity contribution in [3.05, 3.63) is 65.7 Å². The number of rotatable bonds is 3. The van der Waals surface area contributed by atoms with Gasteiger partial charge < -0.3 is 10.2 Å². The van der Waals surface area contributed by atoms with Crippen LogP contribution in [0.3, 0.4) is 0 Å². The summed E-state index contributed by atoms with van der Waals surface area (Å²) in [5.74, 6) is 0. The quantitative estimate of drug-likeness (QED) is 0.935. The number of para-hydroxylation sites is 1. The van der Waals surface area contributed by atoms with Gasteiger partial charge in [0.25, 0.3) is 0 Å². The van der Waals surface area contributed by atoms with E-state index in [2.05, 4.69) is 47.5 Å². The van der Waals surface area contributed by atoms with E-state index in [1.807, 2.05) is 17.0 Å². The fourth-order valence-corrected chi connectivity index (χ4v) is 3.14. The topological polar surface area (TPSA) is 59.4 Å². The second-order valence-electron chi connectivity index (χ2n) is 6.20. The molecule has 1 atom stereocenters. The molecule has 0 radical (unpaired) electrons. The summed E-state index contributed by atoms with van der Waals surface area (Å²) in [5.41, 5.74) is 2.34. The molecule has 128 valence electrons. The first-order chi connectivity index (χ1) is 12.2. The zero-order chi connectivity index (χ0) is 17.6. The third-order valence-electron chi connectivity index (χ3n) is 4.72. The predicted molar refractivity (Wildman–Crippen MR) is 98.2 cm³/mol. The van der Waals surface area contributed by atoms with Crippen LogP contribution in [0.5, 0.6) is 0 Å². The van der Waals surface area contributed by atoms with E-state index in [4.69, 9.17) is 5.26 Å². The number of carbonyl (C=O) groups excluding carboxylic acids is 1. The molecule has 1 fully saturated rings. The third-order valence-corrected chi connectivity index (χ3v) is 4.72. The molecule has 0 aliphatic carbocycles. The molecule has 1 unspecified atom stereocenters. The molecule has 25 heavy (non-hydrogen) atoms. The van der Waals surface area contributed by atoms with E-state index in [9.17, 15) is 4.79 Å². The Morgan fingerprint density at radius 1 is 1.04 bits per heavy atom. The summed E-state index contributed by atoms with van der Waals surface area (Å²) < 4.78 is 0. The maximum Gasteiger partial charge on any atom is 0.321 e. The van der Waals surface area contributed by atoms with Crippen LogP contribution in [0.25, 0.3) is 0 Å². The van der Waals surface area contributed by atoms with Crippen LogP contribution in [0.1, 0.15) is 24.1 Å². The summed E-state index contributed by atoms with van der Waals surface area (Å²) >= 11 is 0. The summed E-state index contributed by atoms with van der Waals surface area (Å²) in [6.45, 7) is 5.23. The molecule has 1 heterocycles. The molecule has 5 heteroatoms. The molecule has 2 aromatic rings. The van der Waals surface area contributed by atoms with Crippen molar-refractivity contribution in [2.45, 2.75) is 13.0 Å². The van der Waals surface area contributed by atoms with Gasteiger partial charge in [0.2, 0.25) is 0 Å². The van der Waals surface area contributed by atoms with Gasteiger partial charge >= 0.3 is 6.03 Å². The average Bonchev–Trinajstić information content (AvgIpc) is 2.68. The molecule has 1 saturated heterocycles. The Hall–Kier alpha value is -2.84. The number of nitrogens with one attached hydrogen (secondary N) is 1. The van der Waals surface area contributed by atoms with Gasteiger partial charge in [-0.05, 0) is 24.6 Å². The lowest BCUT2D eigenvalue weighted by atomic mass is 10.1. The van der Waals surface area contributed by atoms with Crippen molar-refractivity contribution in [1.29, 1.82) is 5.26 Å². The zero-order valence-corrected chi connectivity index (χ0v) is 14.4. The fraction of sp³-hybridized carbons (Fsp3) is 0.300. The molecule has 3 rings (SSSR count). The van der Waals surface area contributed by atoms with E-state index in [1.165, 1.54) is 5.56 Å². The Labute approximate surface area is 148 Å². The molecule has 1 aliphatic heterocycles. The highest BCUT2D eigenvalue weighted by Crippen LogP contribution is 2.22. The number of piperazine rings is 1. The van der Waals surface area contributed by atoms with Crippen molar-refractivity contribution >= 4 is 11.7 Å². The number of hydrogen-bond acceptors (Lipinski definition) is 3. The molecule has 1 aliphatic rings. The van der Waals surface area contributed by atoms with Crippen LogP contribution in [-0.4, -0.2) is 42.0 Å². The van der Waals surface area contributed by atoms with Gasteiger partial charge in [-0.1, -0.05) is 42.5 Å². The summed E-state index contributed by atoms with van der Waals surface area (Å²) in [6, 6.07) is 19.8. The Morgan fingerprint density at radius 2 is 1.68 bits per heavy atom. The standard InChI is InChI=1S/C20H22N4O/c1-16(17-7-3-2-4-8-17)23-11-13-24(14-12-23)20(25)22-19-10-6-5-9-18(19)15-21/h2-10,16H,11-14H2,1H3,(H,22,25). The number of carbonyl (C=O) groups is 1. The molecular weight excluding hydrogens is 312 g/mol. The molecule has 5 nitrogen and oxygen atoms in total. The summed E-state index contributed by atoms with van der Waals surface area (Å²) in [7, 11) is 0. The van der Waals surface area contributed by atoms with E-state index < -0.39 is 0 Å². The summed E-state index contributed by atoms with van der Waals surface area (Å²) in [4.78, 5) is 16.7. The monoisotopic (exact) mass is 334 g/mol. The van der Waals surface area contributed by atoms with Crippen LogP contribution < -0.4 is 5.32 Å². The molecule has 0 saturated carbocycles. The SMILES string of the molecule is CC(c1ccccc1)N1CCN(C(=O)Nc2ccccc2C#N)CC1. The van der Waals surface area contributed by atoms with Crippen molar-refractivity contribution in [2.75, 3.05) is 31.5 Å². The fourth-order valence-electron chi connectivity index (χ4n) is 3.14. The molecule has 2 amide bonds. The highest BCUT2D eigenvalue weighted by Gasteiger charge is 2.25. The lowest BCUT2D eigenvalue weighted by molar-refractivity contribution is 0.119. The van der Waals surface area contributed by atoms with Crippen molar-refractivity contribution < 1.29 is 4.79 Å². The van der Waals surface area contributed by atoms with Gasteiger partial charge in [0.1, 0.15) is 6.07 Å². The van der Waals surface area contributed by atoms with Crippen molar-refractivity contribution in [3.63, 3.8) is 0 Å². The van der Waals surface area contributed by atoms with E-state index in [-0.39, 0.29) is 6.03 Å². The Balaban J connectivity index is 1.57. The predicted octanol–water partition coefficient (Wildman–Crippen LogP) is 3.47. The lowest BCUT2D eigenvalue weighted by Gasteiger charge is -2.38. The van der Waals surface area contributed by atoms with Crippen LogP contribution in [0.2, 0.25) is 0 Å². The lowest BCUT2D eigenvalue weighted by Crippen LogP contribution is -2.50. The molecule has 0 bridgehead atoms. The first kappa shape index (κ1) is 17.0. The maximum absolute atomic E-state index is 12.5.